The average molecular weight is 407 g/mol. The number of fused-ring (bicyclic) bond motifs is 3. The molecule has 0 spiro atoms. The Morgan fingerprint density at radius 3 is 2.26 bits per heavy atom. The van der Waals surface area contributed by atoms with Gasteiger partial charge in [-0.3, -0.25) is 9.79 Å². The lowest BCUT2D eigenvalue weighted by molar-refractivity contribution is -0.144. The Kier molecular flexibility index (Phi) is 4.63. The SMILES string of the molecule is COC(=O)C12N=CC(C(=O)c3ccccc3)C1c1ccccc1/C2=C/c1ccccc1. The fourth-order valence-electron chi connectivity index (χ4n) is 4.86. The molecule has 4 heteroatoms. The lowest BCUT2D eigenvalue weighted by Crippen LogP contribution is -2.41. The average Bonchev–Trinajstić information content (AvgIpc) is 3.35. The predicted molar refractivity (Wildman–Crippen MR) is 121 cm³/mol. The summed E-state index contributed by atoms with van der Waals surface area (Å²) in [7, 11) is 1.37. The maximum Gasteiger partial charge on any atom is 0.339 e. The quantitative estimate of drug-likeness (QED) is 0.460. The minimum absolute atomic E-state index is 0.0455. The van der Waals surface area contributed by atoms with Crippen LogP contribution in [-0.2, 0) is 9.53 Å². The van der Waals surface area contributed by atoms with Crippen LogP contribution in [0.1, 0.15) is 33.0 Å². The van der Waals surface area contributed by atoms with Crippen molar-refractivity contribution in [3.63, 3.8) is 0 Å². The second-order valence-electron chi connectivity index (χ2n) is 7.83. The van der Waals surface area contributed by atoms with Crippen LogP contribution in [0.15, 0.2) is 89.9 Å². The molecule has 0 radical (unpaired) electrons. The Bertz CT molecular complexity index is 1210. The van der Waals surface area contributed by atoms with E-state index in [0.717, 1.165) is 22.3 Å². The molecule has 0 N–H and O–H groups in total. The number of methoxy groups -OCH3 is 1. The van der Waals surface area contributed by atoms with Gasteiger partial charge in [-0.05, 0) is 28.3 Å². The topological polar surface area (TPSA) is 55.7 Å². The molecule has 2 aliphatic rings. The van der Waals surface area contributed by atoms with Crippen LogP contribution in [0.3, 0.4) is 0 Å². The molecule has 0 fully saturated rings. The van der Waals surface area contributed by atoms with Crippen molar-refractivity contribution in [2.24, 2.45) is 10.9 Å². The molecule has 0 saturated carbocycles. The second-order valence-corrected chi connectivity index (χ2v) is 7.83. The molecule has 3 atom stereocenters. The Hall–Kier alpha value is -3.79. The van der Waals surface area contributed by atoms with Crippen LogP contribution >= 0.6 is 0 Å². The molecule has 5 rings (SSSR count). The monoisotopic (exact) mass is 407 g/mol. The van der Waals surface area contributed by atoms with Crippen molar-refractivity contribution in [1.29, 1.82) is 0 Å². The third-order valence-electron chi connectivity index (χ3n) is 6.21. The first-order valence-corrected chi connectivity index (χ1v) is 10.3. The van der Waals surface area contributed by atoms with Gasteiger partial charge in [0, 0.05) is 17.7 Å². The molecule has 0 aromatic heterocycles. The number of hydrogen-bond donors (Lipinski definition) is 0. The number of rotatable bonds is 4. The van der Waals surface area contributed by atoms with Gasteiger partial charge in [0.25, 0.3) is 0 Å². The number of ether oxygens (including phenoxy) is 1. The highest BCUT2D eigenvalue weighted by molar-refractivity contribution is 6.16. The zero-order valence-electron chi connectivity index (χ0n) is 17.1. The molecule has 31 heavy (non-hydrogen) atoms. The van der Waals surface area contributed by atoms with Gasteiger partial charge in [-0.15, -0.1) is 0 Å². The lowest BCUT2D eigenvalue weighted by atomic mass is 9.75. The minimum Gasteiger partial charge on any atom is -0.467 e. The first kappa shape index (κ1) is 19.2. The smallest absolute Gasteiger partial charge is 0.339 e. The zero-order valence-corrected chi connectivity index (χ0v) is 17.1. The molecule has 0 saturated heterocycles. The highest BCUT2D eigenvalue weighted by Gasteiger charge is 2.62. The highest BCUT2D eigenvalue weighted by Crippen LogP contribution is 2.58. The molecule has 3 aromatic rings. The highest BCUT2D eigenvalue weighted by atomic mass is 16.5. The number of carbonyl (C=O) groups is 2. The van der Waals surface area contributed by atoms with Gasteiger partial charge in [0.05, 0.1) is 13.0 Å². The van der Waals surface area contributed by atoms with Crippen molar-refractivity contribution in [1.82, 2.24) is 0 Å². The second kappa shape index (κ2) is 7.47. The van der Waals surface area contributed by atoms with Crippen molar-refractivity contribution in [3.05, 3.63) is 107 Å². The largest absolute Gasteiger partial charge is 0.467 e. The summed E-state index contributed by atoms with van der Waals surface area (Å²) in [4.78, 5) is 31.5. The van der Waals surface area contributed by atoms with Crippen LogP contribution in [0.4, 0.5) is 0 Å². The van der Waals surface area contributed by atoms with Gasteiger partial charge in [-0.2, -0.15) is 0 Å². The van der Waals surface area contributed by atoms with Gasteiger partial charge in [-0.25, -0.2) is 4.79 Å². The Morgan fingerprint density at radius 1 is 0.903 bits per heavy atom. The Labute approximate surface area is 180 Å². The van der Waals surface area contributed by atoms with Crippen LogP contribution in [-0.4, -0.2) is 30.6 Å². The summed E-state index contributed by atoms with van der Waals surface area (Å²) in [6, 6.07) is 26.9. The molecule has 3 aromatic carbocycles. The molecule has 152 valence electrons. The van der Waals surface area contributed by atoms with Crippen LogP contribution in [0.5, 0.6) is 0 Å². The molecule has 0 amide bonds. The van der Waals surface area contributed by atoms with Crippen molar-refractivity contribution >= 4 is 29.6 Å². The number of benzene rings is 3. The third-order valence-corrected chi connectivity index (χ3v) is 6.21. The van der Waals surface area contributed by atoms with E-state index in [1.165, 1.54) is 7.11 Å². The summed E-state index contributed by atoms with van der Waals surface area (Å²) in [5.41, 5.74) is 2.95. The standard InChI is InChI=1S/C27H21NO3/c1-31-26(30)27-23(16-18-10-4-2-5-11-18)20-14-8-9-15-21(20)24(27)22(17-28-27)25(29)19-12-6-3-7-13-19/h2-17,22,24H,1H3/b23-16-. The molecule has 0 bridgehead atoms. The number of Topliss-reactive ketones (excluding diaryl/α,β-unsaturated/α-hetero) is 1. The van der Waals surface area contributed by atoms with Crippen molar-refractivity contribution in [3.8, 4) is 0 Å². The molecule has 3 unspecified atom stereocenters. The van der Waals surface area contributed by atoms with Crippen molar-refractivity contribution < 1.29 is 14.3 Å². The van der Waals surface area contributed by atoms with Gasteiger partial charge in [-0.1, -0.05) is 84.9 Å². The molecular formula is C27H21NO3. The van der Waals surface area contributed by atoms with E-state index in [2.05, 4.69) is 0 Å². The van der Waals surface area contributed by atoms with Crippen LogP contribution < -0.4 is 0 Å². The first-order chi connectivity index (χ1) is 15.2. The van der Waals surface area contributed by atoms with Gasteiger partial charge in [0.2, 0.25) is 0 Å². The van der Waals surface area contributed by atoms with E-state index in [1.807, 2.05) is 78.9 Å². The van der Waals surface area contributed by atoms with E-state index < -0.39 is 23.3 Å². The van der Waals surface area contributed by atoms with E-state index in [1.54, 1.807) is 18.3 Å². The number of hydrogen-bond acceptors (Lipinski definition) is 4. The van der Waals surface area contributed by atoms with E-state index in [4.69, 9.17) is 9.73 Å². The summed E-state index contributed by atoms with van der Waals surface area (Å²) < 4.78 is 5.27. The summed E-state index contributed by atoms with van der Waals surface area (Å²) in [5.74, 6) is -1.49. The van der Waals surface area contributed by atoms with E-state index in [0.29, 0.717) is 5.56 Å². The van der Waals surface area contributed by atoms with Crippen LogP contribution in [0.2, 0.25) is 0 Å². The van der Waals surface area contributed by atoms with Crippen LogP contribution in [0.25, 0.3) is 11.6 Å². The maximum atomic E-state index is 13.5. The molecule has 1 heterocycles. The zero-order chi connectivity index (χ0) is 21.4. The predicted octanol–water partition coefficient (Wildman–Crippen LogP) is 4.82. The molecule has 4 nitrogen and oxygen atoms in total. The van der Waals surface area contributed by atoms with E-state index in [9.17, 15) is 9.59 Å². The summed E-state index contributed by atoms with van der Waals surface area (Å²) in [6.45, 7) is 0. The number of aliphatic imine (C=N–C) groups is 1. The van der Waals surface area contributed by atoms with E-state index in [-0.39, 0.29) is 5.78 Å². The maximum absolute atomic E-state index is 13.5. The summed E-state index contributed by atoms with van der Waals surface area (Å²) in [5, 5.41) is 0. The Balaban J connectivity index is 1.71. The number of nitrogens with zero attached hydrogens (tertiary/aromatic N) is 1. The lowest BCUT2D eigenvalue weighted by Gasteiger charge is -2.28. The van der Waals surface area contributed by atoms with Gasteiger partial charge >= 0.3 is 5.97 Å². The number of esters is 1. The number of carbonyl (C=O) groups excluding carboxylic acids is 2. The fourth-order valence-corrected chi connectivity index (χ4v) is 4.86. The minimum atomic E-state index is -1.27. The molecule has 1 aliphatic carbocycles. The normalized spacial score (nSPS) is 24.6. The van der Waals surface area contributed by atoms with Gasteiger partial charge in [0.1, 0.15) is 0 Å². The molecule has 1 aliphatic heterocycles. The van der Waals surface area contributed by atoms with Crippen LogP contribution in [0, 0.1) is 5.92 Å². The van der Waals surface area contributed by atoms with Gasteiger partial charge < -0.3 is 4.74 Å². The summed E-state index contributed by atoms with van der Waals surface area (Å²) in [6.07, 6.45) is 3.63. The fraction of sp³-hybridized carbons (Fsp3) is 0.148. The molecular weight excluding hydrogens is 386 g/mol. The summed E-state index contributed by atoms with van der Waals surface area (Å²) >= 11 is 0. The van der Waals surface area contributed by atoms with Crippen molar-refractivity contribution in [2.75, 3.05) is 7.11 Å². The van der Waals surface area contributed by atoms with Crippen molar-refractivity contribution in [2.45, 2.75) is 11.5 Å². The number of ketones is 1. The van der Waals surface area contributed by atoms with Gasteiger partial charge in [0.15, 0.2) is 11.3 Å². The van der Waals surface area contributed by atoms with E-state index >= 15 is 0 Å². The third kappa shape index (κ3) is 2.87. The Morgan fingerprint density at radius 2 is 1.55 bits per heavy atom. The first-order valence-electron chi connectivity index (χ1n) is 10.3.